The van der Waals surface area contributed by atoms with Gasteiger partial charge < -0.3 is 9.47 Å². The second-order valence-electron chi connectivity index (χ2n) is 4.21. The van der Waals surface area contributed by atoms with Crippen LogP contribution in [0.25, 0.3) is 0 Å². The number of methoxy groups -OCH3 is 2. The van der Waals surface area contributed by atoms with E-state index in [1.165, 1.54) is 38.1 Å². The predicted molar refractivity (Wildman–Crippen MR) is 81.0 cm³/mol. The number of hydrogen-bond donors (Lipinski definition) is 0. The summed E-state index contributed by atoms with van der Waals surface area (Å²) in [5, 5.41) is 0. The molecule has 2 aromatic carbocycles. The largest absolute Gasteiger partial charge is 0.496 e. The highest BCUT2D eigenvalue weighted by Gasteiger charge is 2.18. The predicted octanol–water partition coefficient (Wildman–Crippen LogP) is 3.82. The number of thioether (sulfide) groups is 1. The first kappa shape index (κ1) is 15.4. The molecule has 2 rings (SSSR count). The quantitative estimate of drug-likeness (QED) is 0.600. The van der Waals surface area contributed by atoms with Crippen LogP contribution in [0.15, 0.2) is 47.4 Å². The Bertz CT molecular complexity index is 621. The zero-order valence-electron chi connectivity index (χ0n) is 11.8. The fraction of sp³-hybridized carbons (Fsp3) is 0.188. The molecule has 0 radical (unpaired) electrons. The van der Waals surface area contributed by atoms with Gasteiger partial charge in [0.1, 0.15) is 22.9 Å². The molecule has 0 aliphatic carbocycles. The monoisotopic (exact) mass is 306 g/mol. The van der Waals surface area contributed by atoms with E-state index >= 15 is 0 Å². The molecule has 0 saturated heterocycles. The lowest BCUT2D eigenvalue weighted by molar-refractivity contribution is 0.101. The molecule has 0 saturated carbocycles. The number of halogens is 1. The Labute approximate surface area is 127 Å². The van der Waals surface area contributed by atoms with Gasteiger partial charge in [-0.05, 0) is 30.3 Å². The Morgan fingerprint density at radius 2 is 1.71 bits per heavy atom. The van der Waals surface area contributed by atoms with Crippen LogP contribution in [0.3, 0.4) is 0 Å². The van der Waals surface area contributed by atoms with Crippen molar-refractivity contribution in [3.05, 3.63) is 53.8 Å². The number of rotatable bonds is 6. The van der Waals surface area contributed by atoms with Gasteiger partial charge in [-0.25, -0.2) is 4.39 Å². The van der Waals surface area contributed by atoms with Crippen molar-refractivity contribution in [3.8, 4) is 11.5 Å². The smallest absolute Gasteiger partial charge is 0.180 e. The standard InChI is InChI=1S/C16H15FO3S/c1-19-14-7-4-8-15(20-2)16(14)13(18)10-21-12-6-3-5-11(17)9-12/h3-9H,10H2,1-2H3. The second-order valence-corrected chi connectivity index (χ2v) is 5.26. The summed E-state index contributed by atoms with van der Waals surface area (Å²) < 4.78 is 23.5. The van der Waals surface area contributed by atoms with Gasteiger partial charge in [0.25, 0.3) is 0 Å². The Hall–Kier alpha value is -2.01. The Balaban J connectivity index is 2.17. The molecule has 5 heteroatoms. The Morgan fingerprint density at radius 1 is 1.10 bits per heavy atom. The van der Waals surface area contributed by atoms with Crippen LogP contribution in [0.5, 0.6) is 11.5 Å². The number of carbonyl (C=O) groups excluding carboxylic acids is 1. The number of carbonyl (C=O) groups is 1. The third kappa shape index (κ3) is 3.76. The fourth-order valence-electron chi connectivity index (χ4n) is 1.90. The molecule has 0 N–H and O–H groups in total. The van der Waals surface area contributed by atoms with Crippen LogP contribution in [-0.4, -0.2) is 25.8 Å². The summed E-state index contributed by atoms with van der Waals surface area (Å²) in [4.78, 5) is 13.1. The highest BCUT2D eigenvalue weighted by atomic mass is 32.2. The van der Waals surface area contributed by atoms with Crippen molar-refractivity contribution in [2.24, 2.45) is 0 Å². The summed E-state index contributed by atoms with van der Waals surface area (Å²) in [6.07, 6.45) is 0. The molecular formula is C16H15FO3S. The van der Waals surface area contributed by atoms with Gasteiger partial charge in [0.15, 0.2) is 5.78 Å². The highest BCUT2D eigenvalue weighted by Crippen LogP contribution is 2.30. The molecule has 0 spiro atoms. The molecule has 0 atom stereocenters. The molecule has 21 heavy (non-hydrogen) atoms. The first-order valence-electron chi connectivity index (χ1n) is 6.28. The normalized spacial score (nSPS) is 10.2. The van der Waals surface area contributed by atoms with Crippen molar-refractivity contribution in [1.29, 1.82) is 0 Å². The van der Waals surface area contributed by atoms with Gasteiger partial charge in [-0.1, -0.05) is 12.1 Å². The van der Waals surface area contributed by atoms with Crippen molar-refractivity contribution < 1.29 is 18.7 Å². The minimum atomic E-state index is -0.317. The van der Waals surface area contributed by atoms with Crippen LogP contribution in [0.4, 0.5) is 4.39 Å². The van der Waals surface area contributed by atoms with Gasteiger partial charge >= 0.3 is 0 Å². The van der Waals surface area contributed by atoms with Gasteiger partial charge in [0.2, 0.25) is 0 Å². The van der Waals surface area contributed by atoms with Gasteiger partial charge in [-0.2, -0.15) is 0 Å². The van der Waals surface area contributed by atoms with Gasteiger partial charge in [0.05, 0.1) is 20.0 Å². The summed E-state index contributed by atoms with van der Waals surface area (Å²) in [6, 6.07) is 11.3. The average Bonchev–Trinajstić information content (AvgIpc) is 2.51. The molecule has 0 aliphatic rings. The van der Waals surface area contributed by atoms with E-state index in [1.54, 1.807) is 30.3 Å². The van der Waals surface area contributed by atoms with E-state index < -0.39 is 0 Å². The molecule has 0 amide bonds. The third-order valence-corrected chi connectivity index (χ3v) is 3.87. The van der Waals surface area contributed by atoms with E-state index in [0.717, 1.165) is 0 Å². The number of hydrogen-bond acceptors (Lipinski definition) is 4. The molecule has 0 fully saturated rings. The molecule has 2 aromatic rings. The minimum Gasteiger partial charge on any atom is -0.496 e. The van der Waals surface area contributed by atoms with Crippen LogP contribution in [0.1, 0.15) is 10.4 Å². The Morgan fingerprint density at radius 3 is 2.29 bits per heavy atom. The fourth-order valence-corrected chi connectivity index (χ4v) is 2.72. The van der Waals surface area contributed by atoms with E-state index in [9.17, 15) is 9.18 Å². The van der Waals surface area contributed by atoms with Crippen LogP contribution in [0, 0.1) is 5.82 Å². The molecule has 110 valence electrons. The maximum atomic E-state index is 13.1. The van der Waals surface area contributed by atoms with E-state index in [4.69, 9.17) is 9.47 Å². The zero-order valence-corrected chi connectivity index (χ0v) is 12.6. The third-order valence-electron chi connectivity index (χ3n) is 2.87. The topological polar surface area (TPSA) is 35.5 Å². The molecule has 0 aromatic heterocycles. The zero-order chi connectivity index (χ0) is 15.2. The van der Waals surface area contributed by atoms with E-state index in [2.05, 4.69) is 0 Å². The number of benzene rings is 2. The molecule has 0 heterocycles. The van der Waals surface area contributed by atoms with Gasteiger partial charge in [0, 0.05) is 4.90 Å². The maximum absolute atomic E-state index is 13.1. The summed E-state index contributed by atoms with van der Waals surface area (Å²) in [5.74, 6) is 0.680. The SMILES string of the molecule is COc1cccc(OC)c1C(=O)CSc1cccc(F)c1. The molecular weight excluding hydrogens is 291 g/mol. The van der Waals surface area contributed by atoms with Crippen molar-refractivity contribution in [3.63, 3.8) is 0 Å². The molecule has 0 bridgehead atoms. The van der Waals surface area contributed by atoms with Crippen molar-refractivity contribution in [2.75, 3.05) is 20.0 Å². The first-order valence-corrected chi connectivity index (χ1v) is 7.27. The highest BCUT2D eigenvalue weighted by molar-refractivity contribution is 8.00. The Kier molecular flexibility index (Phi) is 5.22. The number of ketones is 1. The minimum absolute atomic E-state index is 0.126. The molecule has 0 unspecified atom stereocenters. The van der Waals surface area contributed by atoms with E-state index in [0.29, 0.717) is 22.0 Å². The first-order chi connectivity index (χ1) is 10.2. The van der Waals surface area contributed by atoms with Gasteiger partial charge in [-0.15, -0.1) is 11.8 Å². The maximum Gasteiger partial charge on any atom is 0.180 e. The summed E-state index contributed by atoms with van der Waals surface area (Å²) in [5.41, 5.74) is 0.409. The van der Waals surface area contributed by atoms with E-state index in [1.807, 2.05) is 0 Å². The van der Waals surface area contributed by atoms with Crippen molar-refractivity contribution >= 4 is 17.5 Å². The van der Waals surface area contributed by atoms with Crippen LogP contribution >= 0.6 is 11.8 Å². The lowest BCUT2D eigenvalue weighted by Gasteiger charge is -2.11. The van der Waals surface area contributed by atoms with Crippen LogP contribution in [0.2, 0.25) is 0 Å². The molecule has 3 nitrogen and oxygen atoms in total. The van der Waals surface area contributed by atoms with E-state index in [-0.39, 0.29) is 17.4 Å². The second kappa shape index (κ2) is 7.13. The summed E-state index contributed by atoms with van der Waals surface area (Å²) in [7, 11) is 3.01. The summed E-state index contributed by atoms with van der Waals surface area (Å²) in [6.45, 7) is 0. The number of Topliss-reactive ketones (excluding diaryl/α,β-unsaturated/α-hetero) is 1. The lowest BCUT2D eigenvalue weighted by Crippen LogP contribution is -2.07. The van der Waals surface area contributed by atoms with Gasteiger partial charge in [-0.3, -0.25) is 4.79 Å². The van der Waals surface area contributed by atoms with Crippen molar-refractivity contribution in [2.45, 2.75) is 4.90 Å². The lowest BCUT2D eigenvalue weighted by atomic mass is 10.1. The summed E-state index contributed by atoms with van der Waals surface area (Å²) >= 11 is 1.28. The average molecular weight is 306 g/mol. The van der Waals surface area contributed by atoms with Crippen LogP contribution < -0.4 is 9.47 Å². The number of ether oxygens (including phenoxy) is 2. The van der Waals surface area contributed by atoms with Crippen LogP contribution in [-0.2, 0) is 0 Å². The molecule has 0 aliphatic heterocycles. The van der Waals surface area contributed by atoms with Crippen molar-refractivity contribution in [1.82, 2.24) is 0 Å².